The van der Waals surface area contributed by atoms with Gasteiger partial charge in [-0.3, -0.25) is 14.9 Å². The number of nitrogens with zero attached hydrogens (tertiary/aromatic N) is 2. The quantitative estimate of drug-likeness (QED) is 0.462. The summed E-state index contributed by atoms with van der Waals surface area (Å²) in [5, 5.41) is 10.5. The fourth-order valence-electron chi connectivity index (χ4n) is 0.974. The zero-order valence-electron chi connectivity index (χ0n) is 10.6. The first-order valence-electron chi connectivity index (χ1n) is 5.31. The fourth-order valence-corrected chi connectivity index (χ4v) is 0.974. The van der Waals surface area contributed by atoms with Crippen LogP contribution in [0.3, 0.4) is 0 Å². The second kappa shape index (κ2) is 7.38. The van der Waals surface area contributed by atoms with Gasteiger partial charge in [-0.1, -0.05) is 32.9 Å². The van der Waals surface area contributed by atoms with E-state index in [0.29, 0.717) is 12.1 Å². The van der Waals surface area contributed by atoms with Crippen LogP contribution in [0.5, 0.6) is 0 Å². The molecule has 0 atom stereocenters. The molecule has 0 saturated carbocycles. The third-order valence-electron chi connectivity index (χ3n) is 1.62. The van der Waals surface area contributed by atoms with Gasteiger partial charge >= 0.3 is 0 Å². The lowest BCUT2D eigenvalue weighted by molar-refractivity contribution is -0.384. The summed E-state index contributed by atoms with van der Waals surface area (Å²) in [7, 11) is 1.47. The molecule has 0 N–H and O–H groups in total. The lowest BCUT2D eigenvalue weighted by Gasteiger charge is -2.09. The van der Waals surface area contributed by atoms with Gasteiger partial charge in [0.15, 0.2) is 0 Å². The van der Waals surface area contributed by atoms with E-state index in [1.807, 2.05) is 0 Å². The van der Waals surface area contributed by atoms with Crippen LogP contribution in [-0.4, -0.2) is 18.4 Å². The minimum atomic E-state index is -0.519. The predicted molar refractivity (Wildman–Crippen MR) is 68.1 cm³/mol. The van der Waals surface area contributed by atoms with Crippen LogP contribution in [-0.2, 0) is 4.79 Å². The van der Waals surface area contributed by atoms with Gasteiger partial charge in [0.05, 0.1) is 4.92 Å². The van der Waals surface area contributed by atoms with Gasteiger partial charge in [-0.25, -0.2) is 0 Å². The van der Waals surface area contributed by atoms with Crippen LogP contribution in [0.4, 0.5) is 11.4 Å². The molecular formula is C12H18N2O3. The van der Waals surface area contributed by atoms with E-state index in [-0.39, 0.29) is 5.69 Å². The highest BCUT2D eigenvalue weighted by atomic mass is 16.6. The molecule has 0 radical (unpaired) electrons. The van der Waals surface area contributed by atoms with Gasteiger partial charge in [0, 0.05) is 13.1 Å². The van der Waals surface area contributed by atoms with E-state index in [1.54, 1.807) is 12.1 Å². The highest BCUT2D eigenvalue weighted by Crippen LogP contribution is 2.25. The van der Waals surface area contributed by atoms with Crippen molar-refractivity contribution < 1.29 is 9.72 Å². The largest absolute Gasteiger partial charge is 0.312 e. The monoisotopic (exact) mass is 238 g/mol. The predicted octanol–water partition coefficient (Wildman–Crippen LogP) is 2.85. The van der Waals surface area contributed by atoms with Crippen molar-refractivity contribution >= 4 is 17.8 Å². The first-order valence-corrected chi connectivity index (χ1v) is 5.31. The molecule has 0 fully saturated rings. The van der Waals surface area contributed by atoms with Crippen molar-refractivity contribution in [2.45, 2.75) is 20.8 Å². The molecule has 0 saturated heterocycles. The maximum Gasteiger partial charge on any atom is 0.292 e. The molecule has 0 bridgehead atoms. The van der Waals surface area contributed by atoms with Crippen LogP contribution in [0, 0.1) is 16.0 Å². The summed E-state index contributed by atoms with van der Waals surface area (Å²) in [6.45, 7) is 6.50. The maximum atomic E-state index is 10.5. The van der Waals surface area contributed by atoms with Crippen molar-refractivity contribution in [2.24, 2.45) is 5.92 Å². The van der Waals surface area contributed by atoms with Crippen molar-refractivity contribution in [2.75, 3.05) is 11.9 Å². The van der Waals surface area contributed by atoms with Crippen LogP contribution < -0.4 is 4.90 Å². The lowest BCUT2D eigenvalue weighted by Crippen LogP contribution is -2.15. The average molecular weight is 238 g/mol. The summed E-state index contributed by atoms with van der Waals surface area (Å²) >= 11 is 0. The van der Waals surface area contributed by atoms with E-state index in [0.717, 1.165) is 10.8 Å². The molecule has 1 amide bonds. The van der Waals surface area contributed by atoms with E-state index in [2.05, 4.69) is 20.8 Å². The second-order valence-electron chi connectivity index (χ2n) is 4.19. The zero-order valence-corrected chi connectivity index (χ0v) is 10.6. The number of nitro groups is 1. The summed E-state index contributed by atoms with van der Waals surface area (Å²) in [6, 6.07) is 6.07. The third-order valence-corrected chi connectivity index (χ3v) is 1.62. The number of carbonyl (C=O) groups is 1. The van der Waals surface area contributed by atoms with Crippen LogP contribution in [0.1, 0.15) is 20.8 Å². The molecule has 5 heteroatoms. The Hall–Kier alpha value is -1.91. The van der Waals surface area contributed by atoms with Gasteiger partial charge in [0.1, 0.15) is 5.69 Å². The van der Waals surface area contributed by atoms with Crippen molar-refractivity contribution in [1.82, 2.24) is 0 Å². The van der Waals surface area contributed by atoms with Gasteiger partial charge in [0.25, 0.3) is 5.69 Å². The smallest absolute Gasteiger partial charge is 0.292 e. The molecule has 0 aliphatic carbocycles. The number of hydrogen-bond acceptors (Lipinski definition) is 3. The molecule has 0 aromatic heterocycles. The van der Waals surface area contributed by atoms with E-state index in [1.165, 1.54) is 19.2 Å². The van der Waals surface area contributed by atoms with Crippen LogP contribution in [0.15, 0.2) is 24.3 Å². The molecular weight excluding hydrogens is 220 g/mol. The summed E-state index contributed by atoms with van der Waals surface area (Å²) in [6.07, 6.45) is 0.530. The third kappa shape index (κ3) is 5.65. The summed E-state index contributed by atoms with van der Waals surface area (Å²) < 4.78 is 0. The SMILES string of the molecule is CC(C)C.CN(C=O)c1ccccc1[N+](=O)[O-]. The van der Waals surface area contributed by atoms with E-state index in [4.69, 9.17) is 0 Å². The van der Waals surface area contributed by atoms with E-state index < -0.39 is 4.92 Å². The summed E-state index contributed by atoms with van der Waals surface area (Å²) in [4.78, 5) is 21.5. The Morgan fingerprint density at radius 2 is 1.76 bits per heavy atom. The van der Waals surface area contributed by atoms with Crippen molar-refractivity contribution in [3.63, 3.8) is 0 Å². The number of anilines is 1. The van der Waals surface area contributed by atoms with Crippen LogP contribution in [0.25, 0.3) is 0 Å². The molecule has 0 heterocycles. The van der Waals surface area contributed by atoms with Gasteiger partial charge in [-0.15, -0.1) is 0 Å². The molecule has 0 aliphatic rings. The second-order valence-corrected chi connectivity index (χ2v) is 4.19. The Kier molecular flexibility index (Phi) is 6.55. The summed E-state index contributed by atoms with van der Waals surface area (Å²) in [5.74, 6) is 0.833. The normalized spacial score (nSPS) is 9.24. The number of carbonyl (C=O) groups excluding carboxylic acids is 1. The molecule has 1 rings (SSSR count). The Labute approximate surface area is 101 Å². The number of rotatable bonds is 3. The Morgan fingerprint density at radius 3 is 2.18 bits per heavy atom. The number of hydrogen-bond donors (Lipinski definition) is 0. The Bertz CT molecular complexity index is 375. The van der Waals surface area contributed by atoms with Crippen LogP contribution in [0.2, 0.25) is 0 Å². The van der Waals surface area contributed by atoms with Gasteiger partial charge < -0.3 is 4.90 Å². The van der Waals surface area contributed by atoms with Crippen LogP contribution >= 0.6 is 0 Å². The molecule has 0 aliphatic heterocycles. The van der Waals surface area contributed by atoms with Gasteiger partial charge in [-0.2, -0.15) is 0 Å². The molecule has 1 aromatic rings. The minimum Gasteiger partial charge on any atom is -0.312 e. The van der Waals surface area contributed by atoms with E-state index in [9.17, 15) is 14.9 Å². The number of benzene rings is 1. The minimum absolute atomic E-state index is 0.0721. The number of nitro benzene ring substituents is 1. The molecule has 5 nitrogen and oxygen atoms in total. The summed E-state index contributed by atoms with van der Waals surface area (Å²) in [5.41, 5.74) is 0.222. The highest BCUT2D eigenvalue weighted by molar-refractivity contribution is 5.79. The van der Waals surface area contributed by atoms with E-state index >= 15 is 0 Å². The standard InChI is InChI=1S/C8H8N2O3.C4H10/c1-9(6-11)7-4-2-3-5-8(7)10(12)13;1-4(2)3/h2-6H,1H3;4H,1-3H3. The van der Waals surface area contributed by atoms with Crippen molar-refractivity contribution in [3.05, 3.63) is 34.4 Å². The number of para-hydroxylation sites is 2. The van der Waals surface area contributed by atoms with Crippen molar-refractivity contribution in [1.29, 1.82) is 0 Å². The topological polar surface area (TPSA) is 63.5 Å². The first kappa shape index (κ1) is 15.1. The fraction of sp³-hybridized carbons (Fsp3) is 0.417. The highest BCUT2D eigenvalue weighted by Gasteiger charge is 2.14. The molecule has 0 spiro atoms. The lowest BCUT2D eigenvalue weighted by atomic mass is 10.2. The molecule has 1 aromatic carbocycles. The molecule has 17 heavy (non-hydrogen) atoms. The Balaban J connectivity index is 0.000000557. The average Bonchev–Trinajstić information content (AvgIpc) is 2.27. The molecule has 0 unspecified atom stereocenters. The molecule has 94 valence electrons. The number of amides is 1. The maximum absolute atomic E-state index is 10.5. The Morgan fingerprint density at radius 1 is 1.29 bits per heavy atom. The first-order chi connectivity index (χ1) is 7.90. The van der Waals surface area contributed by atoms with Gasteiger partial charge in [-0.05, 0) is 12.0 Å². The zero-order chi connectivity index (χ0) is 13.4. The van der Waals surface area contributed by atoms with Crippen molar-refractivity contribution in [3.8, 4) is 0 Å². The van der Waals surface area contributed by atoms with Gasteiger partial charge in [0.2, 0.25) is 6.41 Å².